The normalized spacial score (nSPS) is 15.2. The number of aryl methyl sites for hydroxylation is 2. The number of hydrogen-bond donors (Lipinski definition) is 1. The van der Waals surface area contributed by atoms with Gasteiger partial charge in [-0.15, -0.1) is 0 Å². The zero-order chi connectivity index (χ0) is 22.5. The first-order valence-electron chi connectivity index (χ1n) is 11.3. The number of nitrogens with zero attached hydrogens (tertiary/aromatic N) is 4. The third-order valence-corrected chi connectivity index (χ3v) is 6.06. The van der Waals surface area contributed by atoms with Crippen molar-refractivity contribution in [2.75, 3.05) is 0 Å². The summed E-state index contributed by atoms with van der Waals surface area (Å²) in [6.07, 6.45) is 7.86. The molecule has 1 N–H and O–H groups in total. The van der Waals surface area contributed by atoms with E-state index in [9.17, 15) is 9.59 Å². The summed E-state index contributed by atoms with van der Waals surface area (Å²) < 4.78 is 6.45. The summed E-state index contributed by atoms with van der Waals surface area (Å²) in [6, 6.07) is 9.36. The molecule has 0 aliphatic heterocycles. The van der Waals surface area contributed by atoms with Crippen molar-refractivity contribution >= 4 is 5.91 Å². The maximum absolute atomic E-state index is 12.6. The first-order chi connectivity index (χ1) is 15.5. The molecular weight excluding hydrogens is 406 g/mol. The Balaban J connectivity index is 1.46. The Kier molecular flexibility index (Phi) is 6.78. The quantitative estimate of drug-likeness (QED) is 0.654. The number of benzene rings is 1. The van der Waals surface area contributed by atoms with Crippen molar-refractivity contribution in [2.24, 2.45) is 0 Å². The molecule has 4 rings (SSSR count). The van der Waals surface area contributed by atoms with Gasteiger partial charge in [0.1, 0.15) is 6.54 Å². The molecule has 0 unspecified atom stereocenters. The lowest BCUT2D eigenvalue weighted by Gasteiger charge is -2.19. The van der Waals surface area contributed by atoms with E-state index >= 15 is 0 Å². The fourth-order valence-electron chi connectivity index (χ4n) is 4.01. The van der Waals surface area contributed by atoms with Crippen LogP contribution in [0.1, 0.15) is 72.6 Å². The minimum Gasteiger partial charge on any atom is -0.345 e. The van der Waals surface area contributed by atoms with Crippen LogP contribution in [0.4, 0.5) is 0 Å². The molecule has 1 fully saturated rings. The molecule has 8 heteroatoms. The van der Waals surface area contributed by atoms with Crippen molar-refractivity contribution in [2.45, 2.75) is 71.4 Å². The van der Waals surface area contributed by atoms with Gasteiger partial charge >= 0.3 is 11.8 Å². The van der Waals surface area contributed by atoms with E-state index in [0.717, 1.165) is 36.8 Å². The van der Waals surface area contributed by atoms with Crippen LogP contribution in [0.15, 0.2) is 39.6 Å². The van der Waals surface area contributed by atoms with Crippen LogP contribution in [-0.4, -0.2) is 31.9 Å². The molecule has 0 bridgehead atoms. The van der Waals surface area contributed by atoms with Crippen molar-refractivity contribution in [1.82, 2.24) is 25.2 Å². The van der Waals surface area contributed by atoms with E-state index in [2.05, 4.69) is 27.5 Å². The minimum atomic E-state index is -0.362. The number of nitrogens with one attached hydrogen (secondary N) is 1. The number of carbonyl (C=O) groups excluding carboxylic acids is 1. The molecule has 32 heavy (non-hydrogen) atoms. The average Bonchev–Trinajstić information content (AvgIpc) is 3.22. The molecule has 0 radical (unpaired) electrons. The number of amides is 1. The lowest BCUT2D eigenvalue weighted by Crippen LogP contribution is -2.35. The molecule has 0 saturated heterocycles. The monoisotopic (exact) mass is 435 g/mol. The predicted octanol–water partition coefficient (Wildman–Crippen LogP) is 3.80. The van der Waals surface area contributed by atoms with Gasteiger partial charge in [-0.2, -0.15) is 10.1 Å². The Morgan fingerprint density at radius 2 is 1.81 bits per heavy atom. The predicted molar refractivity (Wildman–Crippen MR) is 120 cm³/mol. The lowest BCUT2D eigenvalue weighted by molar-refractivity contribution is 0.0886. The fourth-order valence-corrected chi connectivity index (χ4v) is 4.01. The molecule has 0 spiro atoms. The number of aromatic nitrogens is 4. The van der Waals surface area contributed by atoms with E-state index in [1.54, 1.807) is 6.07 Å². The van der Waals surface area contributed by atoms with Crippen molar-refractivity contribution in [1.29, 1.82) is 0 Å². The maximum atomic E-state index is 12.6. The van der Waals surface area contributed by atoms with Gasteiger partial charge in [-0.25, -0.2) is 4.68 Å². The second-order valence-corrected chi connectivity index (χ2v) is 8.54. The molecule has 1 amide bonds. The highest BCUT2D eigenvalue weighted by Gasteiger charge is 2.20. The zero-order valence-corrected chi connectivity index (χ0v) is 18.6. The summed E-state index contributed by atoms with van der Waals surface area (Å²) in [5.41, 5.74) is 3.68. The summed E-state index contributed by atoms with van der Waals surface area (Å²) in [5.74, 6) is -0.210. The molecule has 1 aliphatic carbocycles. The molecular formula is C24H29N5O3. The maximum Gasteiger partial charge on any atom is 0.316 e. The number of rotatable bonds is 5. The molecule has 1 aromatic carbocycles. The van der Waals surface area contributed by atoms with Gasteiger partial charge in [-0.1, -0.05) is 49.4 Å². The van der Waals surface area contributed by atoms with Crippen LogP contribution in [0.2, 0.25) is 0 Å². The topological polar surface area (TPSA) is 103 Å². The minimum absolute atomic E-state index is 0.0255. The summed E-state index contributed by atoms with van der Waals surface area (Å²) in [4.78, 5) is 29.1. The highest BCUT2D eigenvalue weighted by Crippen LogP contribution is 2.20. The van der Waals surface area contributed by atoms with Gasteiger partial charge in [0, 0.05) is 17.7 Å². The Morgan fingerprint density at radius 3 is 2.56 bits per heavy atom. The Morgan fingerprint density at radius 1 is 1.06 bits per heavy atom. The second kappa shape index (κ2) is 9.89. The van der Waals surface area contributed by atoms with Crippen LogP contribution in [-0.2, 0) is 6.54 Å². The van der Waals surface area contributed by atoms with E-state index in [0.29, 0.717) is 5.69 Å². The lowest BCUT2D eigenvalue weighted by atomic mass is 9.97. The van der Waals surface area contributed by atoms with Crippen molar-refractivity contribution in [3.8, 4) is 11.3 Å². The molecule has 2 aromatic heterocycles. The van der Waals surface area contributed by atoms with Gasteiger partial charge in [0.15, 0.2) is 5.82 Å². The summed E-state index contributed by atoms with van der Waals surface area (Å²) in [6.45, 7) is 4.11. The van der Waals surface area contributed by atoms with Crippen molar-refractivity contribution in [3.05, 3.63) is 63.5 Å². The second-order valence-electron chi connectivity index (χ2n) is 8.54. The standard InChI is InChI=1S/C24H29N5O3/c1-16-10-11-18(14-17(16)2)20-12-13-22(30)29(27-20)15-21-26-24(32-28-21)23(31)25-19-8-6-4-3-5-7-9-19/h10-14,19H,3-9,15H2,1-2H3,(H,25,31). The molecule has 0 atom stereocenters. The van der Waals surface area contributed by atoms with Crippen LogP contribution in [0.3, 0.4) is 0 Å². The third-order valence-electron chi connectivity index (χ3n) is 6.06. The third kappa shape index (κ3) is 5.30. The number of carbonyl (C=O) groups is 1. The summed E-state index contributed by atoms with van der Waals surface area (Å²) in [5, 5.41) is 11.4. The van der Waals surface area contributed by atoms with Gasteiger partial charge in [-0.3, -0.25) is 9.59 Å². The van der Waals surface area contributed by atoms with Gasteiger partial charge < -0.3 is 9.84 Å². The largest absolute Gasteiger partial charge is 0.345 e. The van der Waals surface area contributed by atoms with Gasteiger partial charge in [0.2, 0.25) is 0 Å². The van der Waals surface area contributed by atoms with E-state index in [-0.39, 0.29) is 35.8 Å². The highest BCUT2D eigenvalue weighted by atomic mass is 16.5. The van der Waals surface area contributed by atoms with Crippen molar-refractivity contribution < 1.29 is 9.32 Å². The van der Waals surface area contributed by atoms with Crippen LogP contribution in [0, 0.1) is 13.8 Å². The smallest absolute Gasteiger partial charge is 0.316 e. The molecule has 168 valence electrons. The van der Waals surface area contributed by atoms with E-state index in [1.807, 2.05) is 25.1 Å². The van der Waals surface area contributed by atoms with Gasteiger partial charge in [-0.05, 0) is 49.9 Å². The fraction of sp³-hybridized carbons (Fsp3) is 0.458. The van der Waals surface area contributed by atoms with Crippen molar-refractivity contribution in [3.63, 3.8) is 0 Å². The van der Waals surface area contributed by atoms with Crippen LogP contribution in [0.5, 0.6) is 0 Å². The van der Waals surface area contributed by atoms with E-state index in [1.165, 1.54) is 35.6 Å². The van der Waals surface area contributed by atoms with Crippen LogP contribution in [0.25, 0.3) is 11.3 Å². The average molecular weight is 436 g/mol. The first-order valence-corrected chi connectivity index (χ1v) is 11.3. The highest BCUT2D eigenvalue weighted by molar-refractivity contribution is 5.89. The first kappa shape index (κ1) is 21.9. The van der Waals surface area contributed by atoms with Gasteiger partial charge in [0.05, 0.1) is 5.69 Å². The molecule has 1 aliphatic rings. The van der Waals surface area contributed by atoms with Crippen LogP contribution >= 0.6 is 0 Å². The van der Waals surface area contributed by atoms with E-state index < -0.39 is 0 Å². The Hall–Kier alpha value is -3.29. The van der Waals surface area contributed by atoms with Gasteiger partial charge in [0.25, 0.3) is 5.56 Å². The Bertz CT molecular complexity index is 1140. The molecule has 3 aromatic rings. The zero-order valence-electron chi connectivity index (χ0n) is 18.6. The summed E-state index contributed by atoms with van der Waals surface area (Å²) >= 11 is 0. The molecule has 8 nitrogen and oxygen atoms in total. The van der Waals surface area contributed by atoms with E-state index in [4.69, 9.17) is 4.52 Å². The number of hydrogen-bond acceptors (Lipinski definition) is 6. The van der Waals surface area contributed by atoms with Crippen LogP contribution < -0.4 is 10.9 Å². The SMILES string of the molecule is Cc1ccc(-c2ccc(=O)n(Cc3noc(C(=O)NC4CCCCCCC4)n3)n2)cc1C. The Labute approximate surface area is 187 Å². The molecule has 2 heterocycles. The summed E-state index contributed by atoms with van der Waals surface area (Å²) in [7, 11) is 0. The molecule has 1 saturated carbocycles.